The minimum absolute atomic E-state index is 0.0179. The van der Waals surface area contributed by atoms with Gasteiger partial charge in [-0.1, -0.05) is 30.3 Å². The number of carbonyl (C=O) groups is 1. The number of aromatic nitrogens is 1. The second kappa shape index (κ2) is 6.83. The number of hydrogen-bond donors (Lipinski definition) is 1. The van der Waals surface area contributed by atoms with E-state index in [1.54, 1.807) is 4.68 Å². The number of thioether (sulfide) groups is 1. The summed E-state index contributed by atoms with van der Waals surface area (Å²) in [4.78, 5) is 15.0. The van der Waals surface area contributed by atoms with Crippen LogP contribution in [0.15, 0.2) is 54.9 Å². The predicted octanol–water partition coefficient (Wildman–Crippen LogP) is 2.35. The smallest absolute Gasteiger partial charge is 0.260 e. The summed E-state index contributed by atoms with van der Waals surface area (Å²) in [5, 5.41) is 0. The van der Waals surface area contributed by atoms with Crippen molar-refractivity contribution in [1.82, 2.24) is 9.58 Å². The molecule has 21 heavy (non-hydrogen) atoms. The summed E-state index contributed by atoms with van der Waals surface area (Å²) in [6, 6.07) is 13.6. The molecule has 4 nitrogen and oxygen atoms in total. The molecular formula is C16H19N3OS. The topological polar surface area (TPSA) is 37.3 Å². The normalized spacial score (nSPS) is 17.3. The monoisotopic (exact) mass is 301 g/mol. The fourth-order valence-electron chi connectivity index (χ4n) is 2.60. The van der Waals surface area contributed by atoms with Crippen molar-refractivity contribution in [3.05, 3.63) is 60.4 Å². The van der Waals surface area contributed by atoms with Gasteiger partial charge in [0.05, 0.1) is 0 Å². The van der Waals surface area contributed by atoms with Gasteiger partial charge < -0.3 is 0 Å². The Morgan fingerprint density at radius 1 is 1.05 bits per heavy atom. The van der Waals surface area contributed by atoms with Gasteiger partial charge in [-0.3, -0.25) is 19.8 Å². The van der Waals surface area contributed by atoms with E-state index in [-0.39, 0.29) is 11.9 Å². The van der Waals surface area contributed by atoms with Gasteiger partial charge in [-0.25, -0.2) is 0 Å². The number of hydrogen-bond acceptors (Lipinski definition) is 3. The highest BCUT2D eigenvalue weighted by molar-refractivity contribution is 7.99. The number of carbonyl (C=O) groups excluding carboxylic acids is 1. The minimum atomic E-state index is -0.227. The Morgan fingerprint density at radius 2 is 1.71 bits per heavy atom. The molecule has 1 N–H and O–H groups in total. The van der Waals surface area contributed by atoms with E-state index in [1.165, 1.54) is 0 Å². The first-order valence-corrected chi connectivity index (χ1v) is 8.30. The fraction of sp³-hybridized carbons (Fsp3) is 0.312. The van der Waals surface area contributed by atoms with E-state index < -0.39 is 0 Å². The van der Waals surface area contributed by atoms with Gasteiger partial charge >= 0.3 is 0 Å². The Balaban J connectivity index is 1.82. The van der Waals surface area contributed by atoms with Crippen LogP contribution in [0.3, 0.4) is 0 Å². The third-order valence-corrected chi connectivity index (χ3v) is 4.56. The molecule has 0 spiro atoms. The van der Waals surface area contributed by atoms with E-state index >= 15 is 0 Å². The van der Waals surface area contributed by atoms with Crippen LogP contribution in [0, 0.1) is 0 Å². The summed E-state index contributed by atoms with van der Waals surface area (Å²) in [5.41, 5.74) is 4.00. The van der Waals surface area contributed by atoms with Crippen molar-refractivity contribution >= 4 is 17.7 Å². The van der Waals surface area contributed by atoms with Gasteiger partial charge in [0, 0.05) is 37.0 Å². The van der Waals surface area contributed by atoms with Crippen molar-refractivity contribution < 1.29 is 4.79 Å². The van der Waals surface area contributed by atoms with Crippen molar-refractivity contribution in [2.45, 2.75) is 6.04 Å². The standard InChI is InChI=1S/C16H19N3OS/c20-16(17-19-8-4-5-9-19)15(14-6-2-1-3-7-14)18-10-12-21-13-11-18/h1-9,15H,10-13H2,(H,17,20). The lowest BCUT2D eigenvalue weighted by Gasteiger charge is -2.33. The number of amides is 1. The zero-order valence-electron chi connectivity index (χ0n) is 11.8. The van der Waals surface area contributed by atoms with E-state index in [9.17, 15) is 4.79 Å². The molecule has 0 aliphatic carbocycles. The maximum Gasteiger partial charge on any atom is 0.260 e. The zero-order chi connectivity index (χ0) is 14.5. The van der Waals surface area contributed by atoms with Crippen molar-refractivity contribution in [1.29, 1.82) is 0 Å². The van der Waals surface area contributed by atoms with Crippen molar-refractivity contribution in [3.8, 4) is 0 Å². The largest absolute Gasteiger partial charge is 0.287 e. The molecule has 1 amide bonds. The molecule has 1 unspecified atom stereocenters. The molecule has 0 radical (unpaired) electrons. The Hall–Kier alpha value is -1.72. The van der Waals surface area contributed by atoms with E-state index in [1.807, 2.05) is 66.6 Å². The molecule has 0 saturated carbocycles. The van der Waals surface area contributed by atoms with E-state index in [2.05, 4.69) is 10.3 Å². The molecule has 3 rings (SSSR count). The summed E-state index contributed by atoms with van der Waals surface area (Å²) in [6.45, 7) is 1.90. The lowest BCUT2D eigenvalue weighted by Crippen LogP contribution is -2.43. The fourth-order valence-corrected chi connectivity index (χ4v) is 3.53. The first kappa shape index (κ1) is 14.2. The highest BCUT2D eigenvalue weighted by atomic mass is 32.2. The van der Waals surface area contributed by atoms with Crippen LogP contribution in [0.2, 0.25) is 0 Å². The molecule has 1 aliphatic rings. The molecule has 0 bridgehead atoms. The summed E-state index contributed by atoms with van der Waals surface area (Å²) < 4.78 is 1.71. The third-order valence-electron chi connectivity index (χ3n) is 3.62. The van der Waals surface area contributed by atoms with Crippen LogP contribution in [0.25, 0.3) is 0 Å². The van der Waals surface area contributed by atoms with Gasteiger partial charge in [-0.15, -0.1) is 0 Å². The Morgan fingerprint density at radius 3 is 2.38 bits per heavy atom. The number of nitrogens with zero attached hydrogens (tertiary/aromatic N) is 2. The molecule has 1 aromatic heterocycles. The average Bonchev–Trinajstić information content (AvgIpc) is 3.02. The van der Waals surface area contributed by atoms with Crippen LogP contribution in [-0.2, 0) is 4.79 Å². The first-order chi connectivity index (χ1) is 10.3. The van der Waals surface area contributed by atoms with Crippen LogP contribution < -0.4 is 5.43 Å². The maximum atomic E-state index is 12.7. The van der Waals surface area contributed by atoms with Gasteiger partial charge in [0.2, 0.25) is 0 Å². The summed E-state index contributed by atoms with van der Waals surface area (Å²) >= 11 is 1.95. The van der Waals surface area contributed by atoms with Gasteiger partial charge in [0.1, 0.15) is 6.04 Å². The molecule has 1 aromatic carbocycles. The highest BCUT2D eigenvalue weighted by Gasteiger charge is 2.28. The lowest BCUT2D eigenvalue weighted by molar-refractivity contribution is -0.122. The Labute approximate surface area is 129 Å². The van der Waals surface area contributed by atoms with Gasteiger partial charge in [-0.05, 0) is 17.7 Å². The lowest BCUT2D eigenvalue weighted by atomic mass is 10.0. The minimum Gasteiger partial charge on any atom is -0.287 e. The molecule has 5 heteroatoms. The van der Waals surface area contributed by atoms with Crippen LogP contribution in [0.5, 0.6) is 0 Å². The predicted molar refractivity (Wildman–Crippen MR) is 86.9 cm³/mol. The van der Waals surface area contributed by atoms with Crippen LogP contribution >= 0.6 is 11.8 Å². The Bertz CT molecular complexity index is 564. The number of benzene rings is 1. The van der Waals surface area contributed by atoms with Gasteiger partial charge in [-0.2, -0.15) is 11.8 Å². The molecular weight excluding hydrogens is 282 g/mol. The maximum absolute atomic E-state index is 12.7. The third kappa shape index (κ3) is 3.49. The van der Waals surface area contributed by atoms with Crippen molar-refractivity contribution in [2.24, 2.45) is 0 Å². The van der Waals surface area contributed by atoms with Gasteiger partial charge in [0.15, 0.2) is 0 Å². The molecule has 1 fully saturated rings. The molecule has 2 heterocycles. The summed E-state index contributed by atoms with van der Waals surface area (Å²) in [6.07, 6.45) is 3.68. The van der Waals surface area contributed by atoms with Crippen LogP contribution in [-0.4, -0.2) is 40.1 Å². The van der Waals surface area contributed by atoms with E-state index in [0.717, 1.165) is 30.2 Å². The second-order valence-electron chi connectivity index (χ2n) is 5.03. The van der Waals surface area contributed by atoms with E-state index in [4.69, 9.17) is 0 Å². The van der Waals surface area contributed by atoms with E-state index in [0.29, 0.717) is 0 Å². The number of nitrogens with one attached hydrogen (secondary N) is 1. The average molecular weight is 301 g/mol. The SMILES string of the molecule is O=C(Nn1cccc1)C(c1ccccc1)N1CCSCC1. The molecule has 1 saturated heterocycles. The first-order valence-electron chi connectivity index (χ1n) is 7.15. The van der Waals surface area contributed by atoms with Crippen molar-refractivity contribution in [2.75, 3.05) is 30.0 Å². The van der Waals surface area contributed by atoms with Crippen LogP contribution in [0.1, 0.15) is 11.6 Å². The molecule has 110 valence electrons. The quantitative estimate of drug-likeness (QED) is 0.942. The second-order valence-corrected chi connectivity index (χ2v) is 6.25. The number of rotatable bonds is 4. The summed E-state index contributed by atoms with van der Waals surface area (Å²) in [5.74, 6) is 2.18. The molecule has 2 aromatic rings. The molecule has 1 atom stereocenters. The van der Waals surface area contributed by atoms with Crippen LogP contribution in [0.4, 0.5) is 0 Å². The highest BCUT2D eigenvalue weighted by Crippen LogP contribution is 2.24. The Kier molecular flexibility index (Phi) is 4.62. The zero-order valence-corrected chi connectivity index (χ0v) is 12.6. The van der Waals surface area contributed by atoms with Crippen molar-refractivity contribution in [3.63, 3.8) is 0 Å². The summed E-state index contributed by atoms with van der Waals surface area (Å²) in [7, 11) is 0. The van der Waals surface area contributed by atoms with Gasteiger partial charge in [0.25, 0.3) is 5.91 Å². The molecule has 1 aliphatic heterocycles.